The molecule has 2 aromatic rings. The molecule has 1 amide bonds. The summed E-state index contributed by atoms with van der Waals surface area (Å²) < 4.78 is 0. The van der Waals surface area contributed by atoms with E-state index >= 15 is 0 Å². The molecule has 0 heterocycles. The molecule has 4 N–H and O–H groups in total. The van der Waals surface area contributed by atoms with Crippen molar-refractivity contribution < 1.29 is 20.4 Å². The van der Waals surface area contributed by atoms with Crippen molar-refractivity contribution in [2.75, 3.05) is 5.32 Å². The van der Waals surface area contributed by atoms with E-state index in [0.717, 1.165) is 35.7 Å². The maximum absolute atomic E-state index is 12.8. The van der Waals surface area contributed by atoms with Gasteiger partial charge in [0, 0.05) is 28.9 Å². The lowest BCUT2D eigenvalue weighted by Crippen LogP contribution is -2.57. The highest BCUT2D eigenvalue weighted by Crippen LogP contribution is 2.52. The zero-order chi connectivity index (χ0) is 19.6. The second-order valence-electron chi connectivity index (χ2n) is 8.11. The van der Waals surface area contributed by atoms with Gasteiger partial charge in [0.05, 0.1) is 6.04 Å². The molecule has 0 radical (unpaired) electrons. The van der Waals surface area contributed by atoms with Gasteiger partial charge in [0.1, 0.15) is 0 Å². The first-order chi connectivity index (χ1) is 12.9. The van der Waals surface area contributed by atoms with Gasteiger partial charge in [-0.2, -0.15) is 0 Å². The number of carbonyl (C=O) groups excluding carboxylic acids is 2. The number of quaternary nitrogens is 1. The fourth-order valence-electron chi connectivity index (χ4n) is 4.56. The molecule has 0 saturated heterocycles. The number of carboxylic acids is 1. The third kappa shape index (κ3) is 4.14. The van der Waals surface area contributed by atoms with E-state index in [-0.39, 0.29) is 17.7 Å². The summed E-state index contributed by atoms with van der Waals surface area (Å²) in [6.07, 6.45) is 2.69. The van der Waals surface area contributed by atoms with Crippen molar-refractivity contribution in [3.05, 3.63) is 42.5 Å². The molecule has 2 bridgehead atoms. The Bertz CT molecular complexity index is 825. The minimum absolute atomic E-state index is 0.105. The molecule has 4 atom stereocenters. The van der Waals surface area contributed by atoms with Gasteiger partial charge < -0.3 is 21.0 Å². The number of fused-ring (bicyclic) bond motifs is 3. The second kappa shape index (κ2) is 8.09. The molecule has 27 heavy (non-hydrogen) atoms. The maximum atomic E-state index is 12.8. The molecule has 2 aliphatic rings. The van der Waals surface area contributed by atoms with E-state index in [1.165, 1.54) is 0 Å². The monoisotopic (exact) mass is 368 g/mol. The number of anilines is 1. The molecular weight excluding hydrogens is 340 g/mol. The van der Waals surface area contributed by atoms with Gasteiger partial charge in [-0.3, -0.25) is 4.79 Å². The number of benzene rings is 2. The van der Waals surface area contributed by atoms with E-state index in [1.807, 2.05) is 42.5 Å². The van der Waals surface area contributed by atoms with Crippen LogP contribution in [0.2, 0.25) is 0 Å². The molecule has 2 aromatic carbocycles. The molecule has 144 valence electrons. The topological polar surface area (TPSA) is 96.9 Å². The first-order valence-electron chi connectivity index (χ1n) is 9.71. The number of rotatable bonds is 3. The van der Waals surface area contributed by atoms with Crippen molar-refractivity contribution in [3.8, 4) is 0 Å². The number of nitrogens with one attached hydrogen (secondary N) is 1. The van der Waals surface area contributed by atoms with Crippen LogP contribution < -0.4 is 16.2 Å². The van der Waals surface area contributed by atoms with E-state index in [2.05, 4.69) is 24.9 Å². The average Bonchev–Trinajstić information content (AvgIpc) is 3.23. The van der Waals surface area contributed by atoms with E-state index in [9.17, 15) is 14.7 Å². The van der Waals surface area contributed by atoms with Crippen molar-refractivity contribution in [1.82, 2.24) is 0 Å². The quantitative estimate of drug-likeness (QED) is 0.865. The summed E-state index contributed by atoms with van der Waals surface area (Å²) in [4.78, 5) is 24.2. The average molecular weight is 368 g/mol. The third-order valence-corrected chi connectivity index (χ3v) is 5.54. The predicted octanol–water partition coefficient (Wildman–Crippen LogP) is 1.83. The van der Waals surface area contributed by atoms with Crippen LogP contribution in [0, 0.1) is 23.7 Å². The van der Waals surface area contributed by atoms with Crippen molar-refractivity contribution in [1.29, 1.82) is 0 Å². The molecule has 0 spiro atoms. The summed E-state index contributed by atoms with van der Waals surface area (Å²) in [5.74, 6) is -2.06. The summed E-state index contributed by atoms with van der Waals surface area (Å²) >= 11 is 0. The summed E-state index contributed by atoms with van der Waals surface area (Å²) in [6.45, 7) is 4.11. The molecule has 2 fully saturated rings. The first kappa shape index (κ1) is 19.4. The summed E-state index contributed by atoms with van der Waals surface area (Å²) in [7, 11) is 0. The Kier molecular flexibility index (Phi) is 5.80. The van der Waals surface area contributed by atoms with Gasteiger partial charge in [-0.1, -0.05) is 36.4 Å². The van der Waals surface area contributed by atoms with Gasteiger partial charge in [0.25, 0.3) is 0 Å². The van der Waals surface area contributed by atoms with Crippen LogP contribution in [0.15, 0.2) is 42.5 Å². The molecule has 0 aliphatic heterocycles. The van der Waals surface area contributed by atoms with Gasteiger partial charge in [-0.25, -0.2) is 0 Å². The van der Waals surface area contributed by atoms with E-state index in [4.69, 9.17) is 0 Å². The van der Waals surface area contributed by atoms with Gasteiger partial charge in [-0.05, 0) is 56.4 Å². The molecule has 2 aliphatic carbocycles. The Labute approximate surface area is 159 Å². The minimum atomic E-state index is -1.07. The lowest BCUT2D eigenvalue weighted by atomic mass is 9.78. The van der Waals surface area contributed by atoms with Gasteiger partial charge in [0.2, 0.25) is 5.91 Å². The molecule has 5 nitrogen and oxygen atoms in total. The second-order valence-corrected chi connectivity index (χ2v) is 8.11. The van der Waals surface area contributed by atoms with Crippen LogP contribution in [-0.4, -0.2) is 17.9 Å². The van der Waals surface area contributed by atoms with Crippen LogP contribution in [0.5, 0.6) is 0 Å². The Morgan fingerprint density at radius 1 is 1.04 bits per heavy atom. The zero-order valence-corrected chi connectivity index (χ0v) is 16.0. The Morgan fingerprint density at radius 2 is 1.63 bits per heavy atom. The van der Waals surface area contributed by atoms with Crippen molar-refractivity contribution >= 4 is 28.3 Å². The van der Waals surface area contributed by atoms with Gasteiger partial charge >= 0.3 is 0 Å². The minimum Gasteiger partial charge on any atom is -0.550 e. The molecule has 4 rings (SSSR count). The number of carboxylic acid groups (broad SMARTS) is 1. The zero-order valence-electron chi connectivity index (χ0n) is 16.0. The Balaban J connectivity index is 0.000000481. The standard InChI is InChI=1S/C19H19NO3.C3H9N/c21-18(16-12-8-9-13(10-12)17(16)19(22)23)20-15-7-3-5-11-4-1-2-6-14(11)15;1-3(2)4/h1-7,12-13,16-17H,8-10H2,(H,20,21)(H,22,23);3H,4H2,1-2H3/t12-,13+,16+,17-;/m1./s1. The summed E-state index contributed by atoms with van der Waals surface area (Å²) in [5, 5.41) is 16.5. The van der Waals surface area contributed by atoms with Crippen molar-refractivity contribution in [2.24, 2.45) is 23.7 Å². The summed E-state index contributed by atoms with van der Waals surface area (Å²) in [6, 6.07) is 14.2. The lowest BCUT2D eigenvalue weighted by Gasteiger charge is -2.30. The highest BCUT2D eigenvalue weighted by atomic mass is 16.4. The highest BCUT2D eigenvalue weighted by Gasteiger charge is 2.51. The first-order valence-corrected chi connectivity index (χ1v) is 9.71. The van der Waals surface area contributed by atoms with Crippen LogP contribution in [0.1, 0.15) is 33.1 Å². The van der Waals surface area contributed by atoms with Gasteiger partial charge in [-0.15, -0.1) is 0 Å². The molecule has 0 unspecified atom stereocenters. The predicted molar refractivity (Wildman–Crippen MR) is 103 cm³/mol. The smallest absolute Gasteiger partial charge is 0.228 e. The lowest BCUT2D eigenvalue weighted by molar-refractivity contribution is -0.407. The molecule has 5 heteroatoms. The number of hydrogen-bond acceptors (Lipinski definition) is 3. The number of carbonyl (C=O) groups is 2. The third-order valence-electron chi connectivity index (χ3n) is 5.54. The van der Waals surface area contributed by atoms with Crippen LogP contribution in [0.4, 0.5) is 5.69 Å². The fraction of sp³-hybridized carbons (Fsp3) is 0.455. The maximum Gasteiger partial charge on any atom is 0.228 e. The van der Waals surface area contributed by atoms with Crippen LogP contribution in [0.3, 0.4) is 0 Å². The molecule has 2 saturated carbocycles. The summed E-state index contributed by atoms with van der Waals surface area (Å²) in [5.41, 5.74) is 4.38. The SMILES string of the molecule is CC(C)[NH3+].O=C([O-])[C@@H]1[C@H]2CC[C@H](C2)[C@@H]1C(=O)Nc1cccc2ccccc12. The fourth-order valence-corrected chi connectivity index (χ4v) is 4.56. The highest BCUT2D eigenvalue weighted by molar-refractivity contribution is 6.03. The van der Waals surface area contributed by atoms with Crippen LogP contribution in [-0.2, 0) is 9.59 Å². The molecule has 0 aromatic heterocycles. The van der Waals surface area contributed by atoms with Crippen molar-refractivity contribution in [3.63, 3.8) is 0 Å². The van der Waals surface area contributed by atoms with Crippen LogP contribution in [0.25, 0.3) is 10.8 Å². The number of amides is 1. The van der Waals surface area contributed by atoms with E-state index in [1.54, 1.807) is 0 Å². The van der Waals surface area contributed by atoms with Crippen molar-refractivity contribution in [2.45, 2.75) is 39.2 Å². The Hall–Kier alpha value is -2.40. The molecular formula is C22H28N2O3. The van der Waals surface area contributed by atoms with Gasteiger partial charge in [0.15, 0.2) is 0 Å². The Morgan fingerprint density at radius 3 is 2.30 bits per heavy atom. The normalized spacial score (nSPS) is 25.9. The number of aliphatic carboxylic acids is 1. The van der Waals surface area contributed by atoms with Crippen LogP contribution >= 0.6 is 0 Å². The number of hydrogen-bond donors (Lipinski definition) is 2. The van der Waals surface area contributed by atoms with E-state index < -0.39 is 17.8 Å². The van der Waals surface area contributed by atoms with E-state index in [0.29, 0.717) is 6.04 Å². The largest absolute Gasteiger partial charge is 0.550 e.